The molecule has 0 unspecified atom stereocenters. The number of piperidine rings is 1. The molecule has 0 bridgehead atoms. The molecule has 1 aromatic carbocycles. The van der Waals surface area contributed by atoms with Crippen molar-refractivity contribution in [3.05, 3.63) is 51.9 Å². The molecular weight excluding hydrogens is 280 g/mol. The number of H-pyrrole nitrogens is 1. The molecule has 1 aromatic heterocycles. The molecule has 6 heteroatoms. The smallest absolute Gasteiger partial charge is 0.271 e. The van der Waals surface area contributed by atoms with Gasteiger partial charge < -0.3 is 10.6 Å². The fourth-order valence-corrected chi connectivity index (χ4v) is 2.64. The lowest BCUT2D eigenvalue weighted by Gasteiger charge is -2.23. The highest BCUT2D eigenvalue weighted by molar-refractivity contribution is 5.92. The van der Waals surface area contributed by atoms with Crippen molar-refractivity contribution in [3.63, 3.8) is 0 Å². The van der Waals surface area contributed by atoms with Gasteiger partial charge in [0.2, 0.25) is 0 Å². The summed E-state index contributed by atoms with van der Waals surface area (Å²) in [7, 11) is 0. The van der Waals surface area contributed by atoms with Crippen LogP contribution in [0.4, 0.5) is 0 Å². The number of benzene rings is 1. The van der Waals surface area contributed by atoms with Crippen LogP contribution in [0.2, 0.25) is 0 Å². The molecule has 1 aliphatic rings. The molecular formula is C16H20N4O2. The summed E-state index contributed by atoms with van der Waals surface area (Å²) in [5, 5.41) is 9.08. The van der Waals surface area contributed by atoms with Gasteiger partial charge in [-0.15, -0.1) is 0 Å². The van der Waals surface area contributed by atoms with Crippen LogP contribution in [0.15, 0.2) is 35.1 Å². The molecule has 1 aliphatic heterocycles. The van der Waals surface area contributed by atoms with Gasteiger partial charge in [0.25, 0.3) is 11.5 Å². The monoisotopic (exact) mass is 300 g/mol. The van der Waals surface area contributed by atoms with Gasteiger partial charge >= 0.3 is 0 Å². The lowest BCUT2D eigenvalue weighted by molar-refractivity contribution is 0.0925. The number of hydrogen-bond acceptors (Lipinski definition) is 3. The first kappa shape index (κ1) is 14.6. The molecule has 6 nitrogen and oxygen atoms in total. The molecule has 2 heterocycles. The molecule has 0 saturated carbocycles. The molecule has 1 fully saturated rings. The maximum atomic E-state index is 12.2. The Kier molecular flexibility index (Phi) is 4.11. The van der Waals surface area contributed by atoms with E-state index < -0.39 is 0 Å². The number of aromatic nitrogens is 2. The standard InChI is InChI=1S/C16H20N4O2/c1-11-4-6-13(7-5-11)20-15(21)9-14(19-20)16(22)18-12-3-2-8-17-10-12/h4-7,9,12,17,19H,2-3,8,10H2,1H3,(H,18,22)/t12-/m0/s1. The summed E-state index contributed by atoms with van der Waals surface area (Å²) in [5.74, 6) is -0.239. The average Bonchev–Trinajstić information content (AvgIpc) is 2.91. The number of rotatable bonds is 3. The Hall–Kier alpha value is -2.34. The van der Waals surface area contributed by atoms with Crippen molar-refractivity contribution in [2.24, 2.45) is 0 Å². The Labute approximate surface area is 128 Å². The van der Waals surface area contributed by atoms with Crippen molar-refractivity contribution in [2.75, 3.05) is 13.1 Å². The molecule has 2 aromatic rings. The first-order valence-electron chi connectivity index (χ1n) is 7.54. The van der Waals surface area contributed by atoms with Crippen LogP contribution in [-0.4, -0.2) is 34.8 Å². The quantitative estimate of drug-likeness (QED) is 0.790. The summed E-state index contributed by atoms with van der Waals surface area (Å²) in [6, 6.07) is 9.00. The summed E-state index contributed by atoms with van der Waals surface area (Å²) in [4.78, 5) is 24.3. The van der Waals surface area contributed by atoms with E-state index in [4.69, 9.17) is 0 Å². The van der Waals surface area contributed by atoms with Gasteiger partial charge in [-0.05, 0) is 38.4 Å². The van der Waals surface area contributed by atoms with Crippen LogP contribution in [0, 0.1) is 6.92 Å². The number of nitrogens with one attached hydrogen (secondary N) is 3. The van der Waals surface area contributed by atoms with Gasteiger partial charge in [0, 0.05) is 18.7 Å². The summed E-state index contributed by atoms with van der Waals surface area (Å²) in [6.07, 6.45) is 2.01. The Morgan fingerprint density at radius 2 is 2.09 bits per heavy atom. The minimum Gasteiger partial charge on any atom is -0.347 e. The summed E-state index contributed by atoms with van der Waals surface area (Å²) < 4.78 is 1.38. The van der Waals surface area contributed by atoms with Crippen LogP contribution in [0.25, 0.3) is 5.69 Å². The van der Waals surface area contributed by atoms with Gasteiger partial charge in [-0.25, -0.2) is 4.68 Å². The number of hydrogen-bond donors (Lipinski definition) is 3. The van der Waals surface area contributed by atoms with Crippen molar-refractivity contribution in [3.8, 4) is 5.69 Å². The highest BCUT2D eigenvalue weighted by Crippen LogP contribution is 2.07. The van der Waals surface area contributed by atoms with E-state index >= 15 is 0 Å². The van der Waals surface area contributed by atoms with Crippen molar-refractivity contribution in [1.82, 2.24) is 20.4 Å². The number of nitrogens with zero attached hydrogens (tertiary/aromatic N) is 1. The average molecular weight is 300 g/mol. The Bertz CT molecular complexity index is 708. The number of carbonyl (C=O) groups is 1. The van der Waals surface area contributed by atoms with E-state index in [1.54, 1.807) is 0 Å². The Balaban J connectivity index is 1.78. The van der Waals surface area contributed by atoms with Crippen molar-refractivity contribution < 1.29 is 4.79 Å². The highest BCUT2D eigenvalue weighted by Gasteiger charge is 2.18. The van der Waals surface area contributed by atoms with E-state index in [0.717, 1.165) is 31.5 Å². The lowest BCUT2D eigenvalue weighted by atomic mass is 10.1. The zero-order valence-corrected chi connectivity index (χ0v) is 12.6. The van der Waals surface area contributed by atoms with Gasteiger partial charge in [-0.1, -0.05) is 17.7 Å². The normalized spacial score (nSPS) is 18.1. The maximum Gasteiger partial charge on any atom is 0.271 e. The van der Waals surface area contributed by atoms with Crippen LogP contribution < -0.4 is 16.2 Å². The molecule has 3 N–H and O–H groups in total. The van der Waals surface area contributed by atoms with Crippen LogP contribution in [0.5, 0.6) is 0 Å². The van der Waals surface area contributed by atoms with Gasteiger partial charge in [0.1, 0.15) is 5.69 Å². The third kappa shape index (κ3) is 3.12. The third-order valence-corrected chi connectivity index (χ3v) is 3.89. The topological polar surface area (TPSA) is 78.9 Å². The zero-order valence-electron chi connectivity index (χ0n) is 12.6. The molecule has 22 heavy (non-hydrogen) atoms. The SMILES string of the molecule is Cc1ccc(-n2[nH]c(C(=O)N[C@H]3CCCNC3)cc2=O)cc1. The molecule has 1 amide bonds. The largest absolute Gasteiger partial charge is 0.347 e. The first-order chi connectivity index (χ1) is 10.6. The van der Waals surface area contributed by atoms with Crippen molar-refractivity contribution >= 4 is 5.91 Å². The van der Waals surface area contributed by atoms with Crippen LogP contribution in [0.1, 0.15) is 28.9 Å². The summed E-state index contributed by atoms with van der Waals surface area (Å²) in [5.41, 5.74) is 1.88. The Morgan fingerprint density at radius 1 is 1.32 bits per heavy atom. The molecule has 1 saturated heterocycles. The molecule has 0 aliphatic carbocycles. The van der Waals surface area contributed by atoms with E-state index in [2.05, 4.69) is 15.7 Å². The van der Waals surface area contributed by atoms with Gasteiger partial charge in [-0.2, -0.15) is 0 Å². The van der Waals surface area contributed by atoms with Crippen molar-refractivity contribution in [1.29, 1.82) is 0 Å². The van der Waals surface area contributed by atoms with Crippen molar-refractivity contribution in [2.45, 2.75) is 25.8 Å². The van der Waals surface area contributed by atoms with E-state index in [-0.39, 0.29) is 23.2 Å². The summed E-state index contributed by atoms with van der Waals surface area (Å²) in [6.45, 7) is 3.75. The van der Waals surface area contributed by atoms with Crippen LogP contribution in [-0.2, 0) is 0 Å². The van der Waals surface area contributed by atoms with E-state index in [1.165, 1.54) is 10.7 Å². The number of carbonyl (C=O) groups excluding carboxylic acids is 1. The minimum atomic E-state index is -0.240. The fraction of sp³-hybridized carbons (Fsp3) is 0.375. The van der Waals surface area contributed by atoms with Crippen LogP contribution in [0.3, 0.4) is 0 Å². The summed E-state index contributed by atoms with van der Waals surface area (Å²) >= 11 is 0. The first-order valence-corrected chi connectivity index (χ1v) is 7.54. The molecule has 116 valence electrons. The molecule has 0 spiro atoms. The third-order valence-electron chi connectivity index (χ3n) is 3.89. The Morgan fingerprint density at radius 3 is 2.77 bits per heavy atom. The highest BCUT2D eigenvalue weighted by atomic mass is 16.2. The zero-order chi connectivity index (χ0) is 15.5. The van der Waals surface area contributed by atoms with Gasteiger partial charge in [-0.3, -0.25) is 14.7 Å². The molecule has 3 rings (SSSR count). The second-order valence-electron chi connectivity index (χ2n) is 5.70. The fourth-order valence-electron chi connectivity index (χ4n) is 2.64. The van der Waals surface area contributed by atoms with E-state index in [0.29, 0.717) is 5.69 Å². The van der Waals surface area contributed by atoms with Gasteiger partial charge in [0.05, 0.1) is 5.69 Å². The van der Waals surface area contributed by atoms with Crippen LogP contribution >= 0.6 is 0 Å². The lowest BCUT2D eigenvalue weighted by Crippen LogP contribution is -2.45. The molecule has 0 radical (unpaired) electrons. The second kappa shape index (κ2) is 6.19. The van der Waals surface area contributed by atoms with Gasteiger partial charge in [0.15, 0.2) is 0 Å². The number of aromatic amines is 1. The molecule has 1 atom stereocenters. The minimum absolute atomic E-state index is 0.118. The van der Waals surface area contributed by atoms with E-state index in [1.807, 2.05) is 31.2 Å². The number of aryl methyl sites for hydroxylation is 1. The number of amides is 1. The predicted molar refractivity (Wildman–Crippen MR) is 84.5 cm³/mol. The maximum absolute atomic E-state index is 12.2. The predicted octanol–water partition coefficient (Wildman–Crippen LogP) is 0.956. The second-order valence-corrected chi connectivity index (χ2v) is 5.70. The van der Waals surface area contributed by atoms with E-state index in [9.17, 15) is 9.59 Å².